The molecule has 0 bridgehead atoms. The Morgan fingerprint density at radius 1 is 1.35 bits per heavy atom. The van der Waals surface area contributed by atoms with Gasteiger partial charge in [0.1, 0.15) is 13.2 Å². The molecule has 0 radical (unpaired) electrons. The molecule has 0 spiro atoms. The fraction of sp³-hybridized carbons (Fsp3) is 0.625. The second kappa shape index (κ2) is 5.26. The number of fused-ring (bicyclic) bond motifs is 1. The van der Waals surface area contributed by atoms with Crippen LogP contribution in [0.5, 0.6) is 11.5 Å². The molecule has 110 valence electrons. The zero-order chi connectivity index (χ0) is 14.2. The highest BCUT2D eigenvalue weighted by Gasteiger charge is 2.43. The standard InChI is InChI=1S/C16H23NO3/c1-11-4-5-16(9-11,10-17)15(18)12-2-3-13-14(8-12)20-7-6-19-13/h2-3,8,11,15,18H,4-7,9-10,17H2,1H3. The normalized spacial score (nSPS) is 30.2. The van der Waals surface area contributed by atoms with Crippen molar-refractivity contribution >= 4 is 0 Å². The fourth-order valence-electron chi connectivity index (χ4n) is 3.56. The van der Waals surface area contributed by atoms with Gasteiger partial charge in [0.05, 0.1) is 6.10 Å². The summed E-state index contributed by atoms with van der Waals surface area (Å²) in [5.74, 6) is 2.12. The van der Waals surface area contributed by atoms with E-state index in [0.29, 0.717) is 25.7 Å². The maximum Gasteiger partial charge on any atom is 0.161 e. The van der Waals surface area contributed by atoms with Gasteiger partial charge in [-0.3, -0.25) is 0 Å². The Kier molecular flexibility index (Phi) is 3.61. The molecule has 20 heavy (non-hydrogen) atoms. The molecule has 1 aliphatic heterocycles. The molecule has 3 atom stereocenters. The molecule has 3 N–H and O–H groups in total. The van der Waals surface area contributed by atoms with Crippen molar-refractivity contribution in [2.24, 2.45) is 17.1 Å². The van der Waals surface area contributed by atoms with E-state index in [0.717, 1.165) is 36.3 Å². The molecule has 0 aromatic heterocycles. The Hall–Kier alpha value is -1.26. The Labute approximate surface area is 119 Å². The maximum atomic E-state index is 10.8. The van der Waals surface area contributed by atoms with Crippen molar-refractivity contribution in [2.75, 3.05) is 19.8 Å². The number of benzene rings is 1. The van der Waals surface area contributed by atoms with Crippen LogP contribution in [0.25, 0.3) is 0 Å². The van der Waals surface area contributed by atoms with Crippen LogP contribution >= 0.6 is 0 Å². The first-order valence-electron chi connectivity index (χ1n) is 7.42. The van der Waals surface area contributed by atoms with Gasteiger partial charge in [-0.05, 0) is 36.5 Å². The molecule has 1 aliphatic carbocycles. The quantitative estimate of drug-likeness (QED) is 0.889. The lowest BCUT2D eigenvalue weighted by Crippen LogP contribution is -2.34. The molecule has 0 saturated heterocycles. The van der Waals surface area contributed by atoms with Gasteiger partial charge in [0.25, 0.3) is 0 Å². The van der Waals surface area contributed by atoms with Gasteiger partial charge in [-0.2, -0.15) is 0 Å². The van der Waals surface area contributed by atoms with Crippen molar-refractivity contribution < 1.29 is 14.6 Å². The zero-order valence-corrected chi connectivity index (χ0v) is 12.0. The maximum absolute atomic E-state index is 10.8. The van der Waals surface area contributed by atoms with Gasteiger partial charge in [0.2, 0.25) is 0 Å². The molecule has 1 saturated carbocycles. The number of hydrogen-bond donors (Lipinski definition) is 2. The summed E-state index contributed by atoms with van der Waals surface area (Å²) < 4.78 is 11.1. The Morgan fingerprint density at radius 3 is 2.75 bits per heavy atom. The van der Waals surface area contributed by atoms with Crippen molar-refractivity contribution in [2.45, 2.75) is 32.3 Å². The lowest BCUT2D eigenvalue weighted by atomic mass is 9.76. The summed E-state index contributed by atoms with van der Waals surface area (Å²) in [4.78, 5) is 0. The van der Waals surface area contributed by atoms with E-state index in [1.807, 2.05) is 18.2 Å². The van der Waals surface area contributed by atoms with Gasteiger partial charge in [-0.15, -0.1) is 0 Å². The second-order valence-electron chi connectivity index (χ2n) is 6.22. The summed E-state index contributed by atoms with van der Waals surface area (Å²) in [5, 5.41) is 10.8. The predicted octanol–water partition coefficient (Wildman–Crippen LogP) is 2.26. The number of aliphatic hydroxyl groups excluding tert-OH is 1. The average molecular weight is 277 g/mol. The first-order valence-corrected chi connectivity index (χ1v) is 7.42. The molecule has 0 amide bonds. The number of rotatable bonds is 3. The van der Waals surface area contributed by atoms with E-state index in [2.05, 4.69) is 6.92 Å². The van der Waals surface area contributed by atoms with Crippen LogP contribution in [-0.4, -0.2) is 24.9 Å². The minimum Gasteiger partial charge on any atom is -0.486 e. The van der Waals surface area contributed by atoms with E-state index < -0.39 is 6.10 Å². The molecule has 1 aromatic rings. The largest absolute Gasteiger partial charge is 0.486 e. The SMILES string of the molecule is CC1CCC(CN)(C(O)c2ccc3c(c2)OCCO3)C1. The van der Waals surface area contributed by atoms with Crippen LogP contribution in [0.3, 0.4) is 0 Å². The van der Waals surface area contributed by atoms with Crippen LogP contribution < -0.4 is 15.2 Å². The van der Waals surface area contributed by atoms with Crippen molar-refractivity contribution in [3.8, 4) is 11.5 Å². The van der Waals surface area contributed by atoms with E-state index in [9.17, 15) is 5.11 Å². The molecule has 4 nitrogen and oxygen atoms in total. The highest BCUT2D eigenvalue weighted by Crippen LogP contribution is 2.50. The first kappa shape index (κ1) is 13.7. The van der Waals surface area contributed by atoms with Crippen molar-refractivity contribution in [3.05, 3.63) is 23.8 Å². The Morgan fingerprint density at radius 2 is 2.10 bits per heavy atom. The summed E-state index contributed by atoms with van der Waals surface area (Å²) >= 11 is 0. The summed E-state index contributed by atoms with van der Waals surface area (Å²) in [5.41, 5.74) is 6.68. The molecular formula is C16H23NO3. The monoisotopic (exact) mass is 277 g/mol. The van der Waals surface area contributed by atoms with E-state index in [-0.39, 0.29) is 5.41 Å². The van der Waals surface area contributed by atoms with E-state index in [4.69, 9.17) is 15.2 Å². The predicted molar refractivity (Wildman–Crippen MR) is 76.9 cm³/mol. The molecule has 1 aromatic carbocycles. The third-order valence-electron chi connectivity index (χ3n) is 4.76. The van der Waals surface area contributed by atoms with Crippen molar-refractivity contribution in [1.29, 1.82) is 0 Å². The molecule has 3 rings (SSSR count). The summed E-state index contributed by atoms with van der Waals surface area (Å²) in [6.07, 6.45) is 2.58. The van der Waals surface area contributed by atoms with Gasteiger partial charge in [0.15, 0.2) is 11.5 Å². The third kappa shape index (κ3) is 2.27. The lowest BCUT2D eigenvalue weighted by molar-refractivity contribution is 0.0303. The van der Waals surface area contributed by atoms with Gasteiger partial charge in [0, 0.05) is 12.0 Å². The molecular weight excluding hydrogens is 254 g/mol. The first-order chi connectivity index (χ1) is 9.64. The van der Waals surface area contributed by atoms with Crippen LogP contribution in [0.2, 0.25) is 0 Å². The topological polar surface area (TPSA) is 64.7 Å². The van der Waals surface area contributed by atoms with Crippen LogP contribution in [0.4, 0.5) is 0 Å². The fourth-order valence-corrected chi connectivity index (χ4v) is 3.56. The van der Waals surface area contributed by atoms with E-state index in [1.54, 1.807) is 0 Å². The average Bonchev–Trinajstić information content (AvgIpc) is 2.88. The number of aliphatic hydroxyl groups is 1. The molecule has 1 fully saturated rings. The Bertz CT molecular complexity index is 491. The molecule has 1 heterocycles. The minimum absolute atomic E-state index is 0.191. The van der Waals surface area contributed by atoms with Gasteiger partial charge >= 0.3 is 0 Å². The van der Waals surface area contributed by atoms with Gasteiger partial charge in [-0.1, -0.05) is 19.4 Å². The molecule has 4 heteroatoms. The number of hydrogen-bond acceptors (Lipinski definition) is 4. The summed E-state index contributed by atoms with van der Waals surface area (Å²) in [6.45, 7) is 3.89. The zero-order valence-electron chi connectivity index (χ0n) is 12.0. The third-order valence-corrected chi connectivity index (χ3v) is 4.76. The van der Waals surface area contributed by atoms with Gasteiger partial charge in [-0.25, -0.2) is 0 Å². The smallest absolute Gasteiger partial charge is 0.161 e. The molecule has 2 aliphatic rings. The van der Waals surface area contributed by atoms with E-state index in [1.165, 1.54) is 0 Å². The van der Waals surface area contributed by atoms with Crippen LogP contribution in [0, 0.1) is 11.3 Å². The van der Waals surface area contributed by atoms with Gasteiger partial charge < -0.3 is 20.3 Å². The minimum atomic E-state index is -0.534. The highest BCUT2D eigenvalue weighted by molar-refractivity contribution is 5.44. The van der Waals surface area contributed by atoms with Crippen molar-refractivity contribution in [1.82, 2.24) is 0 Å². The summed E-state index contributed by atoms with van der Waals surface area (Å²) in [7, 11) is 0. The number of ether oxygens (including phenoxy) is 2. The van der Waals surface area contributed by atoms with Crippen LogP contribution in [0.15, 0.2) is 18.2 Å². The lowest BCUT2D eigenvalue weighted by Gasteiger charge is -2.34. The van der Waals surface area contributed by atoms with E-state index >= 15 is 0 Å². The Balaban J connectivity index is 1.88. The highest BCUT2D eigenvalue weighted by atomic mass is 16.6. The van der Waals surface area contributed by atoms with Crippen molar-refractivity contribution in [3.63, 3.8) is 0 Å². The molecule has 3 unspecified atom stereocenters. The van der Waals surface area contributed by atoms with Crippen LogP contribution in [0.1, 0.15) is 37.9 Å². The second-order valence-corrected chi connectivity index (χ2v) is 6.22. The van der Waals surface area contributed by atoms with Crippen LogP contribution in [-0.2, 0) is 0 Å². The number of nitrogens with two attached hydrogens (primary N) is 1. The summed E-state index contributed by atoms with van der Waals surface area (Å²) in [6, 6.07) is 5.72.